The number of carbonyl (C=O) groups is 1. The number of ether oxygens (including phenoxy) is 3. The monoisotopic (exact) mass is 591 g/mol. The fraction of sp³-hybridized carbons (Fsp3) is 0.633. The molecule has 9 nitrogen and oxygen atoms in total. The largest absolute Gasteiger partial charge is 0.416 e. The summed E-state index contributed by atoms with van der Waals surface area (Å²) < 4.78 is 56.9. The third-order valence-electron chi connectivity index (χ3n) is 8.56. The van der Waals surface area contributed by atoms with E-state index in [0.29, 0.717) is 61.3 Å². The van der Waals surface area contributed by atoms with Gasteiger partial charge in [0.2, 0.25) is 0 Å². The molecular weight excluding hydrogens is 551 g/mol. The van der Waals surface area contributed by atoms with Gasteiger partial charge in [-0.1, -0.05) is 12.1 Å². The molecule has 0 radical (unpaired) electrons. The number of amides is 1. The van der Waals surface area contributed by atoms with E-state index in [1.54, 1.807) is 13.2 Å². The Labute approximate surface area is 244 Å². The number of piperidine rings is 1. The van der Waals surface area contributed by atoms with Crippen LogP contribution in [0.4, 0.5) is 19.0 Å². The van der Waals surface area contributed by atoms with Crippen molar-refractivity contribution >= 4 is 11.7 Å². The number of hydrogen-bond donors (Lipinski definition) is 2. The number of methoxy groups -OCH3 is 1. The number of nitrogens with zero attached hydrogens (tertiary/aromatic N) is 3. The molecule has 4 atom stereocenters. The average Bonchev–Trinajstić information content (AvgIpc) is 3.01. The highest BCUT2D eigenvalue weighted by Crippen LogP contribution is 2.35. The van der Waals surface area contributed by atoms with Gasteiger partial charge >= 0.3 is 6.18 Å². The molecule has 0 saturated carbocycles. The van der Waals surface area contributed by atoms with Crippen molar-refractivity contribution in [3.8, 4) is 0 Å². The number of hydrogen-bond acceptors (Lipinski definition) is 8. The number of carbonyl (C=O) groups excluding carboxylic acids is 1. The summed E-state index contributed by atoms with van der Waals surface area (Å²) in [5.74, 6) is 0.440. The topological polar surface area (TPSA) is 97.8 Å². The second-order valence-corrected chi connectivity index (χ2v) is 11.4. The summed E-state index contributed by atoms with van der Waals surface area (Å²) in [6.45, 7) is 4.84. The maximum Gasteiger partial charge on any atom is 0.416 e. The van der Waals surface area contributed by atoms with Crippen LogP contribution in [0.25, 0.3) is 0 Å². The molecule has 2 aromatic rings. The van der Waals surface area contributed by atoms with Crippen LogP contribution in [-0.2, 0) is 20.4 Å². The van der Waals surface area contributed by atoms with E-state index in [1.807, 2.05) is 11.8 Å². The number of aromatic nitrogens is 2. The van der Waals surface area contributed by atoms with Crippen molar-refractivity contribution in [2.24, 2.45) is 0 Å². The summed E-state index contributed by atoms with van der Waals surface area (Å²) in [5, 5.41) is 7.00. The standard InChI is InChI=1S/C30H40F3N5O4/c1-19-27(29(39)38-12-9-22(10-13-38)37-24-11-14-41-17-26(24)40-2)35-18-36-28(19)34-16-23-7-4-8-25(42-23)20-5-3-6-21(15-20)30(31,32)33/h3,5-6,15,18,22-26,37H,4,7-14,16-17H2,1-2H3,(H,34,35,36)/t23-,24+,25+,26-/m1/s1. The van der Waals surface area contributed by atoms with Gasteiger partial charge in [0.05, 0.1) is 30.5 Å². The Bertz CT molecular complexity index is 1210. The second kappa shape index (κ2) is 13.7. The van der Waals surface area contributed by atoms with Crippen LogP contribution in [0.2, 0.25) is 0 Å². The zero-order chi connectivity index (χ0) is 29.7. The Kier molecular flexibility index (Phi) is 9.97. The van der Waals surface area contributed by atoms with E-state index < -0.39 is 17.8 Å². The van der Waals surface area contributed by atoms with Crippen molar-refractivity contribution in [2.45, 2.75) is 82.0 Å². The molecule has 3 fully saturated rings. The minimum Gasteiger partial charge on any atom is -0.379 e. The normalized spacial score (nSPS) is 25.8. The predicted molar refractivity (Wildman–Crippen MR) is 150 cm³/mol. The Morgan fingerprint density at radius 3 is 2.71 bits per heavy atom. The molecule has 1 amide bonds. The maximum atomic E-state index is 13.4. The second-order valence-electron chi connectivity index (χ2n) is 11.4. The summed E-state index contributed by atoms with van der Waals surface area (Å²) in [4.78, 5) is 23.9. The van der Waals surface area contributed by atoms with E-state index in [4.69, 9.17) is 14.2 Å². The van der Waals surface area contributed by atoms with E-state index in [-0.39, 0.29) is 24.2 Å². The fourth-order valence-corrected chi connectivity index (χ4v) is 6.10. The predicted octanol–water partition coefficient (Wildman–Crippen LogP) is 4.52. The molecule has 1 aromatic carbocycles. The van der Waals surface area contributed by atoms with Gasteiger partial charge in [-0.05, 0) is 63.1 Å². The van der Waals surface area contributed by atoms with E-state index in [0.717, 1.165) is 44.8 Å². The molecule has 1 aromatic heterocycles. The number of halogens is 3. The zero-order valence-corrected chi connectivity index (χ0v) is 24.2. The molecule has 12 heteroatoms. The SMILES string of the molecule is CO[C@@H]1COCC[C@@H]1NC1CCN(C(=O)c2ncnc(NC[C@H]3CCC[C@@H](c4cccc(C(F)(F)F)c4)O3)c2C)CC1. The molecule has 4 heterocycles. The average molecular weight is 592 g/mol. The minimum absolute atomic E-state index is 0.0403. The lowest BCUT2D eigenvalue weighted by molar-refractivity contribution is -0.137. The van der Waals surface area contributed by atoms with E-state index in [9.17, 15) is 18.0 Å². The molecule has 0 spiro atoms. The number of nitrogens with one attached hydrogen (secondary N) is 2. The van der Waals surface area contributed by atoms with Crippen LogP contribution >= 0.6 is 0 Å². The van der Waals surface area contributed by atoms with Gasteiger partial charge in [0.15, 0.2) is 0 Å². The number of benzene rings is 1. The molecule has 0 bridgehead atoms. The Hall–Kier alpha value is -2.80. The van der Waals surface area contributed by atoms with Crippen molar-refractivity contribution < 1.29 is 32.2 Å². The highest BCUT2D eigenvalue weighted by molar-refractivity contribution is 5.94. The molecule has 0 unspecified atom stereocenters. The van der Waals surface area contributed by atoms with Crippen molar-refractivity contribution in [2.75, 3.05) is 45.3 Å². The summed E-state index contributed by atoms with van der Waals surface area (Å²) in [6, 6.07) is 5.92. The van der Waals surface area contributed by atoms with Crippen LogP contribution in [0.1, 0.15) is 71.8 Å². The lowest BCUT2D eigenvalue weighted by Crippen LogP contribution is -2.54. The highest BCUT2D eigenvalue weighted by atomic mass is 19.4. The molecule has 42 heavy (non-hydrogen) atoms. The van der Waals surface area contributed by atoms with Gasteiger partial charge in [0, 0.05) is 51.0 Å². The number of likely N-dealkylation sites (tertiary alicyclic amines) is 1. The lowest BCUT2D eigenvalue weighted by Gasteiger charge is -2.38. The lowest BCUT2D eigenvalue weighted by atomic mass is 9.97. The van der Waals surface area contributed by atoms with E-state index >= 15 is 0 Å². The first-order valence-corrected chi connectivity index (χ1v) is 14.8. The van der Waals surface area contributed by atoms with E-state index in [1.165, 1.54) is 18.5 Å². The molecule has 0 aliphatic carbocycles. The van der Waals surface area contributed by atoms with Crippen LogP contribution < -0.4 is 10.6 Å². The smallest absolute Gasteiger partial charge is 0.379 e. The third kappa shape index (κ3) is 7.39. The Balaban J connectivity index is 1.14. The van der Waals surface area contributed by atoms with Crippen LogP contribution in [0.5, 0.6) is 0 Å². The molecule has 5 rings (SSSR count). The summed E-state index contributed by atoms with van der Waals surface area (Å²) in [7, 11) is 1.71. The first-order valence-electron chi connectivity index (χ1n) is 14.8. The molecule has 230 valence electrons. The summed E-state index contributed by atoms with van der Waals surface area (Å²) in [5.41, 5.74) is 0.899. The molecule has 3 aliphatic rings. The van der Waals surface area contributed by atoms with Crippen molar-refractivity contribution in [3.05, 3.63) is 53.0 Å². The van der Waals surface area contributed by atoms with Gasteiger partial charge in [-0.3, -0.25) is 4.79 Å². The summed E-state index contributed by atoms with van der Waals surface area (Å²) in [6.07, 6.45) is 1.32. The van der Waals surface area contributed by atoms with Crippen molar-refractivity contribution in [3.63, 3.8) is 0 Å². The molecule has 2 N–H and O–H groups in total. The van der Waals surface area contributed by atoms with Crippen LogP contribution in [0.3, 0.4) is 0 Å². The number of alkyl halides is 3. The first kappa shape index (κ1) is 30.7. The van der Waals surface area contributed by atoms with Gasteiger partial charge in [-0.2, -0.15) is 13.2 Å². The zero-order valence-electron chi connectivity index (χ0n) is 24.2. The van der Waals surface area contributed by atoms with E-state index in [2.05, 4.69) is 20.6 Å². The van der Waals surface area contributed by atoms with Crippen LogP contribution in [-0.4, -0.2) is 85.0 Å². The molecule has 3 saturated heterocycles. The van der Waals surface area contributed by atoms with Gasteiger partial charge in [-0.25, -0.2) is 9.97 Å². The maximum absolute atomic E-state index is 13.4. The van der Waals surface area contributed by atoms with Crippen molar-refractivity contribution in [1.82, 2.24) is 20.2 Å². The quantitative estimate of drug-likeness (QED) is 0.463. The van der Waals surface area contributed by atoms with Gasteiger partial charge < -0.3 is 29.7 Å². The van der Waals surface area contributed by atoms with Gasteiger partial charge in [0.1, 0.15) is 17.8 Å². The molecular formula is C30H40F3N5O4. The number of rotatable bonds is 8. The van der Waals surface area contributed by atoms with Crippen LogP contribution in [0, 0.1) is 6.92 Å². The minimum atomic E-state index is -4.39. The Morgan fingerprint density at radius 1 is 1.14 bits per heavy atom. The number of anilines is 1. The third-order valence-corrected chi connectivity index (χ3v) is 8.56. The first-order chi connectivity index (χ1) is 20.2. The fourth-order valence-electron chi connectivity index (χ4n) is 6.10. The van der Waals surface area contributed by atoms with Gasteiger partial charge in [0.25, 0.3) is 5.91 Å². The van der Waals surface area contributed by atoms with Crippen LogP contribution in [0.15, 0.2) is 30.6 Å². The van der Waals surface area contributed by atoms with Crippen molar-refractivity contribution in [1.29, 1.82) is 0 Å². The summed E-state index contributed by atoms with van der Waals surface area (Å²) >= 11 is 0. The highest BCUT2D eigenvalue weighted by Gasteiger charge is 2.33. The molecule has 3 aliphatic heterocycles. The Morgan fingerprint density at radius 2 is 1.95 bits per heavy atom. The van der Waals surface area contributed by atoms with Gasteiger partial charge in [-0.15, -0.1) is 0 Å².